The van der Waals surface area contributed by atoms with Gasteiger partial charge in [-0.3, -0.25) is 0 Å². The van der Waals surface area contributed by atoms with Crippen LogP contribution in [0.25, 0.3) is 0 Å². The van der Waals surface area contributed by atoms with Crippen molar-refractivity contribution in [1.82, 2.24) is 5.32 Å². The van der Waals surface area contributed by atoms with Crippen LogP contribution in [0.15, 0.2) is 18.0 Å². The lowest BCUT2D eigenvalue weighted by Crippen LogP contribution is -2.36. The van der Waals surface area contributed by atoms with E-state index in [1.54, 1.807) is 5.56 Å². The van der Waals surface area contributed by atoms with Gasteiger partial charge in [0.25, 0.3) is 0 Å². The predicted molar refractivity (Wildman–Crippen MR) is 96.0 cm³/mol. The highest BCUT2D eigenvalue weighted by atomic mass is 32.1. The number of rotatable bonds is 5. The Hall–Kier alpha value is -0.640. The predicted octanol–water partition coefficient (Wildman–Crippen LogP) is 4.73. The van der Waals surface area contributed by atoms with Crippen LogP contribution in [0.1, 0.15) is 61.5 Å². The molecule has 0 radical (unpaired) electrons. The Morgan fingerprint density at radius 2 is 2.14 bits per heavy atom. The van der Waals surface area contributed by atoms with Crippen LogP contribution in [0.2, 0.25) is 0 Å². The number of hydrogen-bond acceptors (Lipinski definition) is 3. The molecule has 1 saturated heterocycles. The van der Waals surface area contributed by atoms with Gasteiger partial charge in [-0.05, 0) is 74.4 Å². The van der Waals surface area contributed by atoms with Crippen molar-refractivity contribution in [3.05, 3.63) is 34.0 Å². The van der Waals surface area contributed by atoms with Crippen LogP contribution in [-0.2, 0) is 0 Å². The summed E-state index contributed by atoms with van der Waals surface area (Å²) in [5, 5.41) is 5.70. The Morgan fingerprint density at radius 1 is 1.48 bits per heavy atom. The van der Waals surface area contributed by atoms with Gasteiger partial charge in [-0.25, -0.2) is 0 Å². The normalized spacial score (nSPS) is 22.5. The van der Waals surface area contributed by atoms with Crippen molar-refractivity contribution < 1.29 is 0 Å². The highest BCUT2D eigenvalue weighted by molar-refractivity contribution is 7.10. The molecule has 0 bridgehead atoms. The van der Waals surface area contributed by atoms with E-state index >= 15 is 0 Å². The van der Waals surface area contributed by atoms with E-state index in [1.165, 1.54) is 29.7 Å². The highest BCUT2D eigenvalue weighted by Crippen LogP contribution is 2.35. The molecule has 0 aliphatic carbocycles. The van der Waals surface area contributed by atoms with E-state index in [4.69, 9.17) is 5.73 Å². The van der Waals surface area contributed by atoms with Crippen LogP contribution in [0.3, 0.4) is 0 Å². The molecule has 0 spiro atoms. The fourth-order valence-electron chi connectivity index (χ4n) is 2.86. The van der Waals surface area contributed by atoms with Gasteiger partial charge in [-0.1, -0.05) is 19.9 Å². The maximum atomic E-state index is 6.09. The van der Waals surface area contributed by atoms with Gasteiger partial charge in [0.05, 0.1) is 6.17 Å². The van der Waals surface area contributed by atoms with Gasteiger partial charge in [0, 0.05) is 4.88 Å². The van der Waals surface area contributed by atoms with Crippen LogP contribution in [0, 0.1) is 19.8 Å². The number of hydrogen-bond donors (Lipinski definition) is 2. The van der Waals surface area contributed by atoms with Crippen molar-refractivity contribution in [2.45, 2.75) is 65.5 Å². The first kappa shape index (κ1) is 18.4. The van der Waals surface area contributed by atoms with Crippen LogP contribution >= 0.6 is 11.3 Å². The van der Waals surface area contributed by atoms with Crippen molar-refractivity contribution in [3.8, 4) is 0 Å². The van der Waals surface area contributed by atoms with Gasteiger partial charge in [0.15, 0.2) is 0 Å². The lowest BCUT2D eigenvalue weighted by Gasteiger charge is -2.22. The van der Waals surface area contributed by atoms with Crippen molar-refractivity contribution in [3.63, 3.8) is 0 Å². The second-order valence-electron chi connectivity index (χ2n) is 5.94. The minimum Gasteiger partial charge on any atom is -0.316 e. The number of allylic oxidation sites excluding steroid dienone is 1. The Bertz CT molecular complexity index is 425. The molecule has 120 valence electrons. The molecule has 1 aliphatic rings. The van der Waals surface area contributed by atoms with Gasteiger partial charge in [-0.2, -0.15) is 0 Å². The standard InChI is InChI=1S/C14H24N2S.C4H8/c1-4-11(7-12-5-6-16-14(12)15)13-8-17-10(3)9(13)2;1-3-4-2/h8,11-12,14,16H,4-7,15H2,1-3H3;3H,1,4H2,2H3. The molecule has 2 nitrogen and oxygen atoms in total. The monoisotopic (exact) mass is 308 g/mol. The Labute approximate surface area is 134 Å². The van der Waals surface area contributed by atoms with Gasteiger partial charge in [-0.15, -0.1) is 17.9 Å². The molecule has 0 amide bonds. The minimum absolute atomic E-state index is 0.212. The smallest absolute Gasteiger partial charge is 0.0576 e. The third-order valence-corrected chi connectivity index (χ3v) is 5.57. The van der Waals surface area contributed by atoms with E-state index in [0.717, 1.165) is 13.0 Å². The lowest BCUT2D eigenvalue weighted by molar-refractivity contribution is 0.387. The first-order valence-corrected chi connectivity index (χ1v) is 9.07. The molecule has 3 N–H and O–H groups in total. The van der Waals surface area contributed by atoms with Crippen molar-refractivity contribution >= 4 is 11.3 Å². The summed E-state index contributed by atoms with van der Waals surface area (Å²) in [7, 11) is 0. The average Bonchev–Trinajstić information content (AvgIpc) is 3.04. The molecule has 0 aromatic carbocycles. The summed E-state index contributed by atoms with van der Waals surface area (Å²) >= 11 is 1.89. The quantitative estimate of drug-likeness (QED) is 0.772. The summed E-state index contributed by atoms with van der Waals surface area (Å²) in [6.07, 6.45) is 6.87. The van der Waals surface area contributed by atoms with E-state index in [2.05, 4.69) is 45.0 Å². The van der Waals surface area contributed by atoms with Crippen molar-refractivity contribution in [2.24, 2.45) is 11.7 Å². The molecule has 0 saturated carbocycles. The summed E-state index contributed by atoms with van der Waals surface area (Å²) in [6, 6.07) is 0. The van der Waals surface area contributed by atoms with Crippen LogP contribution < -0.4 is 11.1 Å². The summed E-state index contributed by atoms with van der Waals surface area (Å²) in [5.41, 5.74) is 9.16. The van der Waals surface area contributed by atoms with E-state index in [1.807, 2.05) is 17.4 Å². The van der Waals surface area contributed by atoms with Gasteiger partial charge in [0.2, 0.25) is 0 Å². The van der Waals surface area contributed by atoms with Gasteiger partial charge >= 0.3 is 0 Å². The molecule has 1 fully saturated rings. The zero-order valence-corrected chi connectivity index (χ0v) is 14.9. The Balaban J connectivity index is 0.000000491. The SMILES string of the molecule is C=CCC.CCC(CC1CCNC1N)c1csc(C)c1C. The maximum absolute atomic E-state index is 6.09. The van der Waals surface area contributed by atoms with Crippen molar-refractivity contribution in [1.29, 1.82) is 0 Å². The van der Waals surface area contributed by atoms with Crippen LogP contribution in [-0.4, -0.2) is 12.7 Å². The minimum atomic E-state index is 0.212. The van der Waals surface area contributed by atoms with E-state index < -0.39 is 0 Å². The summed E-state index contributed by atoms with van der Waals surface area (Å²) in [4.78, 5) is 1.47. The molecule has 3 atom stereocenters. The molecular weight excluding hydrogens is 276 g/mol. The third kappa shape index (κ3) is 5.24. The lowest BCUT2D eigenvalue weighted by atomic mass is 9.85. The van der Waals surface area contributed by atoms with Crippen molar-refractivity contribution in [2.75, 3.05) is 6.54 Å². The van der Waals surface area contributed by atoms with Gasteiger partial charge < -0.3 is 11.1 Å². The first-order chi connectivity index (χ1) is 10.0. The largest absolute Gasteiger partial charge is 0.316 e. The maximum Gasteiger partial charge on any atom is 0.0576 e. The molecule has 1 aromatic rings. The average molecular weight is 309 g/mol. The molecule has 2 heterocycles. The number of nitrogens with one attached hydrogen (secondary N) is 1. The topological polar surface area (TPSA) is 38.0 Å². The third-order valence-electron chi connectivity index (χ3n) is 4.54. The summed E-state index contributed by atoms with van der Waals surface area (Å²) < 4.78 is 0. The highest BCUT2D eigenvalue weighted by Gasteiger charge is 2.27. The fourth-order valence-corrected chi connectivity index (χ4v) is 3.83. The second-order valence-corrected chi connectivity index (χ2v) is 7.02. The van der Waals surface area contributed by atoms with E-state index in [9.17, 15) is 0 Å². The molecule has 1 aromatic heterocycles. The second kappa shape index (κ2) is 9.39. The van der Waals surface area contributed by atoms with E-state index in [0.29, 0.717) is 11.8 Å². The zero-order chi connectivity index (χ0) is 15.8. The van der Waals surface area contributed by atoms with E-state index in [-0.39, 0.29) is 6.17 Å². The number of thiophene rings is 1. The first-order valence-electron chi connectivity index (χ1n) is 8.19. The molecule has 2 rings (SSSR count). The molecule has 3 unspecified atom stereocenters. The fraction of sp³-hybridized carbons (Fsp3) is 0.667. The Kier molecular flexibility index (Phi) is 8.23. The van der Waals surface area contributed by atoms with Gasteiger partial charge in [0.1, 0.15) is 0 Å². The molecule has 21 heavy (non-hydrogen) atoms. The van der Waals surface area contributed by atoms with Crippen LogP contribution in [0.5, 0.6) is 0 Å². The zero-order valence-electron chi connectivity index (χ0n) is 14.1. The van der Waals surface area contributed by atoms with Crippen LogP contribution in [0.4, 0.5) is 0 Å². The Morgan fingerprint density at radius 3 is 2.52 bits per heavy atom. The number of nitrogens with two attached hydrogens (primary N) is 1. The molecule has 1 aliphatic heterocycles. The summed E-state index contributed by atoms with van der Waals surface area (Å²) in [5.74, 6) is 1.34. The molecule has 3 heteroatoms. The summed E-state index contributed by atoms with van der Waals surface area (Å²) in [6.45, 7) is 13.4. The number of aryl methyl sites for hydroxylation is 1. The molecular formula is C18H32N2S.